The lowest BCUT2D eigenvalue weighted by Crippen LogP contribution is -2.08. The molecular formula is C6H8N3. The van der Waals surface area contributed by atoms with Crippen LogP contribution in [0.3, 0.4) is 0 Å². The van der Waals surface area contributed by atoms with Gasteiger partial charge in [0.25, 0.3) is 0 Å². The predicted octanol–water partition coefficient (Wildman–Crippen LogP) is 0.337. The fourth-order valence-corrected chi connectivity index (χ4v) is 0.650. The predicted molar refractivity (Wildman–Crippen MR) is 36.7 cm³/mol. The maximum atomic E-state index is 4.84. The molecule has 0 heterocycles. The van der Waals surface area contributed by atoms with Crippen LogP contribution in [0.5, 0.6) is 0 Å². The van der Waals surface area contributed by atoms with Crippen LogP contribution in [0, 0.1) is 0 Å². The van der Waals surface area contributed by atoms with Gasteiger partial charge in [-0.3, -0.25) is 0 Å². The van der Waals surface area contributed by atoms with Crippen molar-refractivity contribution in [3.05, 3.63) is 24.3 Å². The minimum atomic E-state index is 0.831. The molecule has 3 heteroatoms. The first-order valence-electron chi connectivity index (χ1n) is 2.73. The van der Waals surface area contributed by atoms with Gasteiger partial charge in [0.1, 0.15) is 0 Å². The molecule has 0 unspecified atom stereocenters. The molecule has 1 radical (unpaired) electrons. The first-order chi connectivity index (χ1) is 4.43. The summed E-state index contributed by atoms with van der Waals surface area (Å²) in [4.78, 5) is 0. The third-order valence-corrected chi connectivity index (χ3v) is 1.05. The largest absolute Gasteiger partial charge is 0.208 e. The van der Waals surface area contributed by atoms with E-state index in [0.29, 0.717) is 0 Å². The normalized spacial score (nSPS) is 20.8. The summed E-state index contributed by atoms with van der Waals surface area (Å²) in [5.41, 5.74) is 4.06. The summed E-state index contributed by atoms with van der Waals surface area (Å²) in [7, 11) is 0. The monoisotopic (exact) mass is 122 g/mol. The van der Waals surface area contributed by atoms with E-state index in [0.717, 1.165) is 12.1 Å². The molecule has 0 bridgehead atoms. The van der Waals surface area contributed by atoms with Crippen LogP contribution in [0.2, 0.25) is 0 Å². The number of hydrogen-bond acceptors (Lipinski definition) is 2. The highest BCUT2D eigenvalue weighted by atomic mass is 15.5. The van der Waals surface area contributed by atoms with Crippen molar-refractivity contribution in [3.8, 4) is 0 Å². The van der Waals surface area contributed by atoms with Gasteiger partial charge >= 0.3 is 0 Å². The van der Waals surface area contributed by atoms with Gasteiger partial charge in [0, 0.05) is 6.42 Å². The topological polar surface area (TPSA) is 52.5 Å². The molecule has 2 N–H and O–H groups in total. The Morgan fingerprint density at radius 2 is 2.33 bits per heavy atom. The van der Waals surface area contributed by atoms with Crippen LogP contribution >= 0.6 is 0 Å². The number of nitrogens with two attached hydrogens (primary N) is 1. The Morgan fingerprint density at radius 3 is 2.89 bits per heavy atom. The molecule has 0 aromatic carbocycles. The van der Waals surface area contributed by atoms with Crippen LogP contribution in [0.25, 0.3) is 0 Å². The lowest BCUT2D eigenvalue weighted by molar-refractivity contribution is 0.783. The molecule has 0 fully saturated rings. The van der Waals surface area contributed by atoms with Gasteiger partial charge in [0.05, 0.1) is 5.71 Å². The Labute approximate surface area is 53.9 Å². The van der Waals surface area contributed by atoms with Crippen molar-refractivity contribution in [2.24, 2.45) is 10.9 Å². The van der Waals surface area contributed by atoms with E-state index in [-0.39, 0.29) is 0 Å². The average Bonchev–Trinajstić information content (AvgIpc) is 1.91. The summed E-state index contributed by atoms with van der Waals surface area (Å²) in [6.07, 6.45) is 8.60. The van der Waals surface area contributed by atoms with E-state index in [4.69, 9.17) is 5.84 Å². The molecule has 0 amide bonds. The van der Waals surface area contributed by atoms with Gasteiger partial charge in [-0.15, -0.1) is 10.6 Å². The fraction of sp³-hybridized carbons (Fsp3) is 0.167. The van der Waals surface area contributed by atoms with Gasteiger partial charge in [-0.2, -0.15) is 0 Å². The number of hydrogen-bond donors (Lipinski definition) is 1. The summed E-state index contributed by atoms with van der Waals surface area (Å²) >= 11 is 0. The second kappa shape index (κ2) is 3.04. The van der Waals surface area contributed by atoms with Crippen LogP contribution in [0.15, 0.2) is 29.4 Å². The van der Waals surface area contributed by atoms with Crippen LogP contribution in [0.1, 0.15) is 6.42 Å². The molecule has 0 atom stereocenters. The Balaban J connectivity index is 2.55. The minimum Gasteiger partial charge on any atom is -0.208 e. The van der Waals surface area contributed by atoms with Gasteiger partial charge in [0.15, 0.2) is 0 Å². The Hall–Kier alpha value is -1.09. The molecule has 0 aromatic rings. The smallest absolute Gasteiger partial charge is 0.0680 e. The summed E-state index contributed by atoms with van der Waals surface area (Å²) in [6.45, 7) is 0. The van der Waals surface area contributed by atoms with Gasteiger partial charge in [-0.05, 0) is 6.08 Å². The second-order valence-electron chi connectivity index (χ2n) is 1.70. The average molecular weight is 122 g/mol. The third kappa shape index (κ3) is 1.70. The lowest BCUT2D eigenvalue weighted by Gasteiger charge is -1.96. The quantitative estimate of drug-likeness (QED) is 0.395. The number of rotatable bonds is 1. The zero-order valence-corrected chi connectivity index (χ0v) is 4.99. The molecule has 9 heavy (non-hydrogen) atoms. The molecule has 0 aliphatic heterocycles. The van der Waals surface area contributed by atoms with Crippen molar-refractivity contribution in [2.75, 3.05) is 0 Å². The lowest BCUT2D eigenvalue weighted by atomic mass is 10.2. The van der Waals surface area contributed by atoms with Crippen molar-refractivity contribution in [1.82, 2.24) is 5.53 Å². The summed E-state index contributed by atoms with van der Waals surface area (Å²) in [5, 5.41) is 3.66. The number of nitrogens with zero attached hydrogens (tertiary/aromatic N) is 2. The van der Waals surface area contributed by atoms with Crippen LogP contribution in [-0.2, 0) is 0 Å². The number of allylic oxidation sites excluding steroid dienone is 4. The van der Waals surface area contributed by atoms with Crippen molar-refractivity contribution >= 4 is 5.71 Å². The highest BCUT2D eigenvalue weighted by Gasteiger charge is 1.92. The molecular weight excluding hydrogens is 114 g/mol. The van der Waals surface area contributed by atoms with Crippen molar-refractivity contribution in [2.45, 2.75) is 6.42 Å². The van der Waals surface area contributed by atoms with E-state index in [1.165, 1.54) is 0 Å². The van der Waals surface area contributed by atoms with E-state index in [9.17, 15) is 0 Å². The fourth-order valence-electron chi connectivity index (χ4n) is 0.650. The standard InChI is InChI=1S/C6H8N3/c7-9-8-6-4-2-1-3-5-6/h1-4H,5,7H2. The zero-order chi connectivity index (χ0) is 6.53. The van der Waals surface area contributed by atoms with Crippen LogP contribution in [0.4, 0.5) is 0 Å². The van der Waals surface area contributed by atoms with E-state index >= 15 is 0 Å². The van der Waals surface area contributed by atoms with Crippen molar-refractivity contribution in [3.63, 3.8) is 0 Å². The zero-order valence-electron chi connectivity index (χ0n) is 4.99. The maximum absolute atomic E-state index is 4.84. The van der Waals surface area contributed by atoms with E-state index < -0.39 is 0 Å². The highest BCUT2D eigenvalue weighted by molar-refractivity contribution is 5.96. The molecule has 3 nitrogen and oxygen atoms in total. The van der Waals surface area contributed by atoms with E-state index in [1.54, 1.807) is 0 Å². The highest BCUT2D eigenvalue weighted by Crippen LogP contribution is 1.97. The molecule has 1 aliphatic carbocycles. The molecule has 1 rings (SSSR count). The third-order valence-electron chi connectivity index (χ3n) is 1.05. The second-order valence-corrected chi connectivity index (χ2v) is 1.70. The van der Waals surface area contributed by atoms with Crippen LogP contribution in [-0.4, -0.2) is 5.71 Å². The molecule has 0 saturated carbocycles. The summed E-state index contributed by atoms with van der Waals surface area (Å²) in [6, 6.07) is 0. The van der Waals surface area contributed by atoms with E-state index in [1.807, 2.05) is 24.3 Å². The Bertz CT molecular complexity index is 167. The summed E-state index contributed by atoms with van der Waals surface area (Å²) in [5.74, 6) is 4.84. The minimum absolute atomic E-state index is 0.831. The SMILES string of the molecule is N[N]N=C1C=CC=CC1. The van der Waals surface area contributed by atoms with Crippen molar-refractivity contribution in [1.29, 1.82) is 0 Å². The molecule has 0 saturated heterocycles. The molecule has 0 aromatic heterocycles. The van der Waals surface area contributed by atoms with Gasteiger partial charge < -0.3 is 0 Å². The molecule has 1 aliphatic rings. The van der Waals surface area contributed by atoms with Gasteiger partial charge in [-0.1, -0.05) is 18.2 Å². The van der Waals surface area contributed by atoms with Crippen molar-refractivity contribution < 1.29 is 0 Å². The Morgan fingerprint density at radius 1 is 1.44 bits per heavy atom. The Kier molecular flexibility index (Phi) is 2.04. The maximum Gasteiger partial charge on any atom is 0.0680 e. The molecule has 0 spiro atoms. The van der Waals surface area contributed by atoms with Gasteiger partial charge in [-0.25, -0.2) is 5.84 Å². The van der Waals surface area contributed by atoms with Crippen LogP contribution < -0.4 is 11.4 Å². The van der Waals surface area contributed by atoms with E-state index in [2.05, 4.69) is 10.6 Å². The first-order valence-corrected chi connectivity index (χ1v) is 2.73. The van der Waals surface area contributed by atoms with Gasteiger partial charge in [0.2, 0.25) is 0 Å². The first kappa shape index (κ1) is 6.04. The molecule has 47 valence electrons. The summed E-state index contributed by atoms with van der Waals surface area (Å²) < 4.78 is 0.